The number of aromatic nitrogens is 2. The molecule has 0 aliphatic heterocycles. The van der Waals surface area contributed by atoms with Crippen molar-refractivity contribution in [3.63, 3.8) is 0 Å². The van der Waals surface area contributed by atoms with E-state index >= 15 is 0 Å². The van der Waals surface area contributed by atoms with Gasteiger partial charge in [-0.15, -0.1) is 4.40 Å². The van der Waals surface area contributed by atoms with Crippen LogP contribution in [0, 0.1) is 20.8 Å². The maximum Gasteiger partial charge on any atom is 0.285 e. The Morgan fingerprint density at radius 1 is 0.735 bits per heavy atom. The number of anilines is 2. The number of sulfonamides is 1. The Balaban J connectivity index is 1.67. The van der Waals surface area contributed by atoms with Crippen LogP contribution in [-0.4, -0.2) is 24.3 Å². The van der Waals surface area contributed by atoms with Crippen LogP contribution in [0.2, 0.25) is 0 Å². The minimum absolute atomic E-state index is 0.00182. The fraction of sp³-hybridized carbons (Fsp3) is 0.115. The minimum Gasteiger partial charge on any atom is -0.325 e. The van der Waals surface area contributed by atoms with Gasteiger partial charge in [0.25, 0.3) is 10.0 Å². The van der Waals surface area contributed by atoms with Crippen LogP contribution in [-0.2, 0) is 10.0 Å². The van der Waals surface area contributed by atoms with Crippen molar-refractivity contribution in [3.8, 4) is 11.1 Å². The molecule has 0 aliphatic carbocycles. The van der Waals surface area contributed by atoms with Gasteiger partial charge in [-0.25, -0.2) is 9.97 Å². The monoisotopic (exact) mass is 471 g/mol. The Morgan fingerprint density at radius 2 is 1.32 bits per heavy atom. The highest BCUT2D eigenvalue weighted by Crippen LogP contribution is 2.21. The first-order valence-electron chi connectivity index (χ1n) is 10.7. The van der Waals surface area contributed by atoms with Gasteiger partial charge in [-0.3, -0.25) is 5.32 Å². The summed E-state index contributed by atoms with van der Waals surface area (Å²) in [5, 5.41) is 5.99. The molecule has 3 aromatic carbocycles. The van der Waals surface area contributed by atoms with E-state index in [9.17, 15) is 8.42 Å². The second-order valence-electron chi connectivity index (χ2n) is 7.90. The summed E-state index contributed by atoms with van der Waals surface area (Å²) in [7, 11) is -3.98. The lowest BCUT2D eigenvalue weighted by molar-refractivity contribution is 0.598. The van der Waals surface area contributed by atoms with Gasteiger partial charge in [-0.05, 0) is 62.2 Å². The van der Waals surface area contributed by atoms with Crippen molar-refractivity contribution in [3.05, 3.63) is 102 Å². The summed E-state index contributed by atoms with van der Waals surface area (Å²) in [5.41, 5.74) is 5.26. The summed E-state index contributed by atoms with van der Waals surface area (Å²) in [4.78, 5) is 8.79. The molecule has 4 aromatic rings. The summed E-state index contributed by atoms with van der Waals surface area (Å²) >= 11 is 0. The molecule has 4 rings (SSSR count). The highest BCUT2D eigenvalue weighted by atomic mass is 32.2. The van der Waals surface area contributed by atoms with E-state index in [0.717, 1.165) is 28.1 Å². The van der Waals surface area contributed by atoms with Crippen LogP contribution in [0.25, 0.3) is 11.1 Å². The molecule has 0 fully saturated rings. The highest BCUT2D eigenvalue weighted by Gasteiger charge is 2.16. The number of nitrogens with one attached hydrogen (secondary N) is 2. The standard InChI is InChI=1S/C26H25N5O2S/c1-18-9-15-24(16-10-18)34(32,33)31-26(30-25-27-19(2)17-20(3)28-25)29-23-13-11-22(12-14-23)21-7-5-4-6-8-21/h4-17H,1-3H3,(H2,27,28,29,30,31). The van der Waals surface area contributed by atoms with Crippen molar-refractivity contribution < 1.29 is 8.42 Å². The van der Waals surface area contributed by atoms with Crippen molar-refractivity contribution >= 4 is 27.6 Å². The highest BCUT2D eigenvalue weighted by molar-refractivity contribution is 7.90. The molecule has 0 bridgehead atoms. The lowest BCUT2D eigenvalue weighted by Crippen LogP contribution is -2.25. The fourth-order valence-electron chi connectivity index (χ4n) is 3.36. The van der Waals surface area contributed by atoms with Crippen molar-refractivity contribution in [1.82, 2.24) is 9.97 Å². The molecule has 0 unspecified atom stereocenters. The van der Waals surface area contributed by atoms with Gasteiger partial charge in [-0.2, -0.15) is 8.42 Å². The third-order valence-corrected chi connectivity index (χ3v) is 6.29. The molecule has 0 saturated carbocycles. The van der Waals surface area contributed by atoms with Crippen LogP contribution < -0.4 is 10.6 Å². The quantitative estimate of drug-likeness (QED) is 0.301. The zero-order valence-electron chi connectivity index (χ0n) is 19.1. The number of rotatable bonds is 5. The number of hydrogen-bond acceptors (Lipinski definition) is 4. The molecule has 0 atom stereocenters. The molecule has 0 spiro atoms. The van der Waals surface area contributed by atoms with E-state index in [1.807, 2.05) is 81.4 Å². The van der Waals surface area contributed by atoms with Crippen molar-refractivity contribution in [2.75, 3.05) is 10.6 Å². The third kappa shape index (κ3) is 5.85. The number of aryl methyl sites for hydroxylation is 3. The molecule has 0 aliphatic rings. The van der Waals surface area contributed by atoms with E-state index in [0.29, 0.717) is 5.69 Å². The summed E-state index contributed by atoms with van der Waals surface area (Å²) in [6, 6.07) is 26.0. The van der Waals surface area contributed by atoms with Crippen LogP contribution >= 0.6 is 0 Å². The summed E-state index contributed by atoms with van der Waals surface area (Å²) in [6.07, 6.45) is 0. The van der Waals surface area contributed by atoms with E-state index in [1.165, 1.54) is 12.1 Å². The molecule has 0 amide bonds. The second kappa shape index (κ2) is 9.84. The lowest BCUT2D eigenvalue weighted by Gasteiger charge is -2.13. The first-order valence-corrected chi connectivity index (χ1v) is 12.2. The number of benzene rings is 3. The van der Waals surface area contributed by atoms with E-state index < -0.39 is 10.0 Å². The predicted molar refractivity (Wildman–Crippen MR) is 136 cm³/mol. The first-order chi connectivity index (χ1) is 16.3. The molecular formula is C26H25N5O2S. The molecule has 1 aromatic heterocycles. The van der Waals surface area contributed by atoms with Gasteiger partial charge in [0.15, 0.2) is 0 Å². The number of nitrogens with zero attached hydrogens (tertiary/aromatic N) is 3. The van der Waals surface area contributed by atoms with E-state index in [1.54, 1.807) is 12.1 Å². The normalized spacial score (nSPS) is 11.8. The van der Waals surface area contributed by atoms with Crippen LogP contribution in [0.1, 0.15) is 17.0 Å². The van der Waals surface area contributed by atoms with Crippen LogP contribution in [0.15, 0.2) is 94.2 Å². The zero-order valence-corrected chi connectivity index (χ0v) is 20.0. The Kier molecular flexibility index (Phi) is 6.70. The summed E-state index contributed by atoms with van der Waals surface area (Å²) < 4.78 is 30.0. The Labute approximate surface area is 199 Å². The smallest absolute Gasteiger partial charge is 0.285 e. The summed E-state index contributed by atoms with van der Waals surface area (Å²) in [6.45, 7) is 5.58. The van der Waals surface area contributed by atoms with Gasteiger partial charge in [0, 0.05) is 17.1 Å². The van der Waals surface area contributed by atoms with Crippen molar-refractivity contribution in [1.29, 1.82) is 0 Å². The van der Waals surface area contributed by atoms with Crippen LogP contribution in [0.3, 0.4) is 0 Å². The van der Waals surface area contributed by atoms with Gasteiger partial charge in [0.1, 0.15) is 0 Å². The average molecular weight is 472 g/mol. The average Bonchev–Trinajstić information content (AvgIpc) is 2.79. The fourth-order valence-corrected chi connectivity index (χ4v) is 4.28. The largest absolute Gasteiger partial charge is 0.325 e. The van der Waals surface area contributed by atoms with E-state index in [4.69, 9.17) is 0 Å². The topological polar surface area (TPSA) is 96.3 Å². The van der Waals surface area contributed by atoms with Gasteiger partial charge < -0.3 is 5.32 Å². The molecular weight excluding hydrogens is 446 g/mol. The van der Waals surface area contributed by atoms with Gasteiger partial charge in [0.2, 0.25) is 11.9 Å². The second-order valence-corrected chi connectivity index (χ2v) is 9.50. The predicted octanol–water partition coefficient (Wildman–Crippen LogP) is 5.34. The molecule has 7 nitrogen and oxygen atoms in total. The Morgan fingerprint density at radius 3 is 1.94 bits per heavy atom. The third-order valence-electron chi connectivity index (χ3n) is 5.00. The molecule has 2 N–H and O–H groups in total. The molecule has 34 heavy (non-hydrogen) atoms. The van der Waals surface area contributed by atoms with Crippen molar-refractivity contribution in [2.24, 2.45) is 4.40 Å². The zero-order chi connectivity index (χ0) is 24.1. The lowest BCUT2D eigenvalue weighted by atomic mass is 10.1. The molecule has 172 valence electrons. The molecule has 0 radical (unpaired) electrons. The molecule has 8 heteroatoms. The number of hydrogen-bond donors (Lipinski definition) is 2. The maximum atomic E-state index is 13.0. The number of guanidine groups is 1. The molecule has 1 heterocycles. The van der Waals surface area contributed by atoms with Gasteiger partial charge in [0.05, 0.1) is 4.90 Å². The van der Waals surface area contributed by atoms with E-state index in [2.05, 4.69) is 25.0 Å². The van der Waals surface area contributed by atoms with Crippen LogP contribution in [0.5, 0.6) is 0 Å². The Bertz CT molecular complexity index is 1400. The maximum absolute atomic E-state index is 13.0. The van der Waals surface area contributed by atoms with Gasteiger partial charge in [-0.1, -0.05) is 60.2 Å². The van der Waals surface area contributed by atoms with Crippen molar-refractivity contribution in [2.45, 2.75) is 25.7 Å². The minimum atomic E-state index is -3.98. The Hall–Kier alpha value is -4.04. The SMILES string of the molecule is Cc1ccc(S(=O)(=O)/N=C(/Nc2ccc(-c3ccccc3)cc2)Nc2nc(C)cc(C)n2)cc1. The van der Waals surface area contributed by atoms with Gasteiger partial charge >= 0.3 is 0 Å². The first kappa shape index (κ1) is 23.1. The molecule has 0 saturated heterocycles. The summed E-state index contributed by atoms with van der Waals surface area (Å²) in [5.74, 6) is 0.252. The van der Waals surface area contributed by atoms with E-state index in [-0.39, 0.29) is 16.8 Å². The van der Waals surface area contributed by atoms with Crippen LogP contribution in [0.4, 0.5) is 11.6 Å².